The lowest BCUT2D eigenvalue weighted by Crippen LogP contribution is -2.43. The maximum Gasteiger partial charge on any atom is 0.260 e. The third-order valence-electron chi connectivity index (χ3n) is 5.63. The molecule has 0 aliphatic carbocycles. The van der Waals surface area contributed by atoms with Crippen LogP contribution in [0.25, 0.3) is 0 Å². The number of hydrogen-bond acceptors (Lipinski definition) is 6. The van der Waals surface area contributed by atoms with Crippen molar-refractivity contribution < 1.29 is 28.6 Å². The third-order valence-corrected chi connectivity index (χ3v) is 5.63. The van der Waals surface area contributed by atoms with Gasteiger partial charge in [-0.25, -0.2) is 0 Å². The van der Waals surface area contributed by atoms with Gasteiger partial charge in [0.05, 0.1) is 20.3 Å². The molecule has 1 N–H and O–H groups in total. The number of methoxy groups -OCH3 is 1. The Bertz CT molecular complexity index is 1030. The number of rotatable bonds is 7. The van der Waals surface area contributed by atoms with Crippen molar-refractivity contribution in [3.8, 4) is 11.5 Å². The zero-order valence-corrected chi connectivity index (χ0v) is 18.5. The molecular weight excluding hydrogens is 426 g/mol. The van der Waals surface area contributed by atoms with Gasteiger partial charge in [0.25, 0.3) is 11.8 Å². The van der Waals surface area contributed by atoms with Gasteiger partial charge in [0.2, 0.25) is 5.91 Å². The monoisotopic (exact) mass is 453 g/mol. The van der Waals surface area contributed by atoms with E-state index in [1.54, 1.807) is 46.2 Å². The highest BCUT2D eigenvalue weighted by atomic mass is 16.5. The van der Waals surface area contributed by atoms with Gasteiger partial charge in [0.15, 0.2) is 18.1 Å². The molecule has 9 nitrogen and oxygen atoms in total. The zero-order chi connectivity index (χ0) is 23.2. The second-order valence-corrected chi connectivity index (χ2v) is 7.80. The highest BCUT2D eigenvalue weighted by molar-refractivity contribution is 6.05. The standard InChI is InChI=1S/C24H27N3O6/c1-31-21-14-17(7-8-20(21)33-16-23(29)26-10-12-32-13-11-26)24(30)25-18-4-2-5-19(15-18)27-9-3-6-22(27)28/h2,4-5,7-8,14-15H,3,6,9-13,16H2,1H3,(H,25,30). The lowest BCUT2D eigenvalue weighted by molar-refractivity contribution is -0.137. The van der Waals surface area contributed by atoms with E-state index >= 15 is 0 Å². The Kier molecular flexibility index (Phi) is 7.09. The van der Waals surface area contributed by atoms with E-state index < -0.39 is 0 Å². The van der Waals surface area contributed by atoms with Crippen LogP contribution >= 0.6 is 0 Å². The molecule has 0 unspecified atom stereocenters. The molecule has 33 heavy (non-hydrogen) atoms. The molecule has 2 aliphatic heterocycles. The first-order valence-corrected chi connectivity index (χ1v) is 10.9. The second-order valence-electron chi connectivity index (χ2n) is 7.80. The number of carbonyl (C=O) groups excluding carboxylic acids is 3. The zero-order valence-electron chi connectivity index (χ0n) is 18.5. The van der Waals surface area contributed by atoms with Crippen LogP contribution in [0.5, 0.6) is 11.5 Å². The summed E-state index contributed by atoms with van der Waals surface area (Å²) in [4.78, 5) is 40.5. The topological polar surface area (TPSA) is 97.4 Å². The van der Waals surface area contributed by atoms with Gasteiger partial charge in [-0.3, -0.25) is 14.4 Å². The summed E-state index contributed by atoms with van der Waals surface area (Å²) in [5, 5.41) is 2.86. The van der Waals surface area contributed by atoms with Crippen LogP contribution in [0.15, 0.2) is 42.5 Å². The fourth-order valence-electron chi connectivity index (χ4n) is 3.85. The highest BCUT2D eigenvalue weighted by Gasteiger charge is 2.22. The molecule has 2 aromatic rings. The maximum atomic E-state index is 12.8. The van der Waals surface area contributed by atoms with E-state index in [1.165, 1.54) is 7.11 Å². The predicted octanol–water partition coefficient (Wildman–Crippen LogP) is 2.31. The largest absolute Gasteiger partial charge is 0.493 e. The Balaban J connectivity index is 1.40. The number of carbonyl (C=O) groups is 3. The Morgan fingerprint density at radius 2 is 1.88 bits per heavy atom. The molecule has 2 fully saturated rings. The van der Waals surface area contributed by atoms with E-state index in [-0.39, 0.29) is 24.3 Å². The van der Waals surface area contributed by atoms with Crippen molar-refractivity contribution in [1.82, 2.24) is 4.90 Å². The summed E-state index contributed by atoms with van der Waals surface area (Å²) in [6.07, 6.45) is 1.38. The van der Waals surface area contributed by atoms with Gasteiger partial charge in [-0.2, -0.15) is 0 Å². The molecule has 174 valence electrons. The second kappa shape index (κ2) is 10.4. The first-order chi connectivity index (χ1) is 16.0. The molecular formula is C24H27N3O6. The van der Waals surface area contributed by atoms with Crippen LogP contribution in [0.2, 0.25) is 0 Å². The highest BCUT2D eigenvalue weighted by Crippen LogP contribution is 2.29. The molecule has 0 radical (unpaired) electrons. The van der Waals surface area contributed by atoms with Gasteiger partial charge in [-0.15, -0.1) is 0 Å². The number of anilines is 2. The molecule has 4 rings (SSSR count). The van der Waals surface area contributed by atoms with Crippen molar-refractivity contribution >= 4 is 29.1 Å². The number of nitrogens with zero attached hydrogens (tertiary/aromatic N) is 2. The van der Waals surface area contributed by atoms with E-state index in [2.05, 4.69) is 5.32 Å². The van der Waals surface area contributed by atoms with Crippen molar-refractivity contribution in [2.75, 3.05) is 56.8 Å². The van der Waals surface area contributed by atoms with Gasteiger partial charge >= 0.3 is 0 Å². The fourth-order valence-corrected chi connectivity index (χ4v) is 3.85. The smallest absolute Gasteiger partial charge is 0.260 e. The van der Waals surface area contributed by atoms with Gasteiger partial charge in [0, 0.05) is 43.0 Å². The molecule has 2 heterocycles. The van der Waals surface area contributed by atoms with E-state index in [0.717, 1.165) is 12.1 Å². The molecule has 0 atom stereocenters. The Morgan fingerprint density at radius 1 is 1.06 bits per heavy atom. The van der Waals surface area contributed by atoms with Gasteiger partial charge < -0.3 is 29.3 Å². The minimum absolute atomic E-state index is 0.0888. The summed E-state index contributed by atoms with van der Waals surface area (Å²) >= 11 is 0. The van der Waals surface area contributed by atoms with Crippen molar-refractivity contribution in [2.45, 2.75) is 12.8 Å². The number of amides is 3. The number of hydrogen-bond donors (Lipinski definition) is 1. The van der Waals surface area contributed by atoms with Crippen molar-refractivity contribution in [1.29, 1.82) is 0 Å². The lowest BCUT2D eigenvalue weighted by atomic mass is 10.1. The van der Waals surface area contributed by atoms with Crippen molar-refractivity contribution in [2.24, 2.45) is 0 Å². The molecule has 0 saturated carbocycles. The van der Waals surface area contributed by atoms with Gasteiger partial charge in [-0.05, 0) is 42.8 Å². The van der Waals surface area contributed by atoms with Crippen LogP contribution < -0.4 is 19.7 Å². The van der Waals surface area contributed by atoms with E-state index in [0.29, 0.717) is 62.0 Å². The number of ether oxygens (including phenoxy) is 3. The average Bonchev–Trinajstić information content (AvgIpc) is 3.29. The lowest BCUT2D eigenvalue weighted by Gasteiger charge is -2.26. The van der Waals surface area contributed by atoms with Crippen LogP contribution in [0.1, 0.15) is 23.2 Å². The summed E-state index contributed by atoms with van der Waals surface area (Å²) < 4.78 is 16.3. The Labute approximate surface area is 192 Å². The molecule has 9 heteroatoms. The molecule has 0 aromatic heterocycles. The third kappa shape index (κ3) is 5.43. The molecule has 2 aliphatic rings. The quantitative estimate of drug-likeness (QED) is 0.691. The SMILES string of the molecule is COc1cc(C(=O)Nc2cccc(N3CCCC3=O)c2)ccc1OCC(=O)N1CCOCC1. The molecule has 0 bridgehead atoms. The van der Waals surface area contributed by atoms with Crippen molar-refractivity contribution in [3.63, 3.8) is 0 Å². The summed E-state index contributed by atoms with van der Waals surface area (Å²) in [5.74, 6) is 0.373. The predicted molar refractivity (Wildman–Crippen MR) is 122 cm³/mol. The van der Waals surface area contributed by atoms with Crippen LogP contribution in [0.4, 0.5) is 11.4 Å². The van der Waals surface area contributed by atoms with Gasteiger partial charge in [0.1, 0.15) is 0 Å². The van der Waals surface area contributed by atoms with Crippen LogP contribution in [0, 0.1) is 0 Å². The number of benzene rings is 2. The van der Waals surface area contributed by atoms with E-state index in [4.69, 9.17) is 14.2 Å². The Morgan fingerprint density at radius 3 is 2.61 bits per heavy atom. The molecule has 0 spiro atoms. The Hall–Kier alpha value is -3.59. The summed E-state index contributed by atoms with van der Waals surface area (Å²) in [7, 11) is 1.48. The molecule has 2 aromatic carbocycles. The van der Waals surface area contributed by atoms with Gasteiger partial charge in [-0.1, -0.05) is 6.07 Å². The summed E-state index contributed by atoms with van der Waals surface area (Å²) in [5.41, 5.74) is 1.73. The summed E-state index contributed by atoms with van der Waals surface area (Å²) in [6.45, 7) is 2.70. The maximum absolute atomic E-state index is 12.8. The normalized spacial score (nSPS) is 16.0. The first-order valence-electron chi connectivity index (χ1n) is 10.9. The van der Waals surface area contributed by atoms with Crippen LogP contribution in [-0.4, -0.2) is 69.2 Å². The number of morpholine rings is 1. The van der Waals surface area contributed by atoms with E-state index in [1.807, 2.05) is 6.07 Å². The number of nitrogens with one attached hydrogen (secondary N) is 1. The van der Waals surface area contributed by atoms with E-state index in [9.17, 15) is 14.4 Å². The minimum Gasteiger partial charge on any atom is -0.493 e. The van der Waals surface area contributed by atoms with Crippen molar-refractivity contribution in [3.05, 3.63) is 48.0 Å². The first kappa shape index (κ1) is 22.6. The average molecular weight is 453 g/mol. The molecule has 2 saturated heterocycles. The van der Waals surface area contributed by atoms with Crippen LogP contribution in [-0.2, 0) is 14.3 Å². The minimum atomic E-state index is -0.325. The summed E-state index contributed by atoms with van der Waals surface area (Å²) in [6, 6.07) is 12.0. The molecule has 3 amide bonds. The van der Waals surface area contributed by atoms with Crippen LogP contribution in [0.3, 0.4) is 0 Å². The fraction of sp³-hybridized carbons (Fsp3) is 0.375.